The van der Waals surface area contributed by atoms with Crippen LogP contribution in [0.15, 0.2) is 66.7 Å². The lowest BCUT2D eigenvalue weighted by Gasteiger charge is -2.12. The van der Waals surface area contributed by atoms with Crippen LogP contribution in [0.25, 0.3) is 28.2 Å². The average Bonchev–Trinajstić information content (AvgIpc) is 3.17. The molecular weight excluding hydrogens is 446 g/mol. The molecule has 2 nitrogen and oxygen atoms in total. The molecule has 3 aromatic carbocycles. The summed E-state index contributed by atoms with van der Waals surface area (Å²) in [6.45, 7) is 2.13. The first-order chi connectivity index (χ1) is 14.0. The highest BCUT2D eigenvalue weighted by Crippen LogP contribution is 2.35. The van der Waals surface area contributed by atoms with E-state index in [2.05, 4.69) is 19.1 Å². The summed E-state index contributed by atoms with van der Waals surface area (Å²) in [4.78, 5) is 0. The lowest BCUT2D eigenvalue weighted by molar-refractivity contribution is 0.873. The highest BCUT2D eigenvalue weighted by Gasteiger charge is 2.16. The van der Waals surface area contributed by atoms with Crippen LogP contribution in [0.4, 0.5) is 0 Å². The largest absolute Gasteiger partial charge is 0.232 e. The number of hydrogen-bond donors (Lipinski definition) is 0. The molecule has 0 amide bonds. The van der Waals surface area contributed by atoms with Crippen molar-refractivity contribution in [3.05, 3.63) is 92.4 Å². The van der Waals surface area contributed by atoms with E-state index in [1.54, 1.807) is 12.1 Å². The summed E-state index contributed by atoms with van der Waals surface area (Å²) in [6, 6.07) is 21.3. The van der Waals surface area contributed by atoms with Crippen molar-refractivity contribution in [3.63, 3.8) is 0 Å². The van der Waals surface area contributed by atoms with E-state index in [0.29, 0.717) is 20.1 Å². The van der Waals surface area contributed by atoms with E-state index in [0.717, 1.165) is 34.6 Å². The molecule has 0 aliphatic carbocycles. The van der Waals surface area contributed by atoms with Crippen LogP contribution in [-0.2, 0) is 6.42 Å². The Balaban J connectivity index is 1.95. The van der Waals surface area contributed by atoms with Gasteiger partial charge in [-0.25, -0.2) is 4.68 Å². The minimum atomic E-state index is 0.490. The minimum Gasteiger partial charge on any atom is -0.232 e. The van der Waals surface area contributed by atoms with Gasteiger partial charge in [0.05, 0.1) is 37.2 Å². The normalized spacial score (nSPS) is 11.1. The van der Waals surface area contributed by atoms with Gasteiger partial charge in [-0.3, -0.25) is 0 Å². The van der Waals surface area contributed by atoms with Gasteiger partial charge in [0.2, 0.25) is 0 Å². The monoisotopic (exact) mass is 460 g/mol. The van der Waals surface area contributed by atoms with Gasteiger partial charge in [0.15, 0.2) is 0 Å². The maximum Gasteiger partial charge on any atom is 0.0934 e. The van der Waals surface area contributed by atoms with Crippen molar-refractivity contribution in [1.29, 1.82) is 0 Å². The molecule has 29 heavy (non-hydrogen) atoms. The number of hydrogen-bond acceptors (Lipinski definition) is 1. The number of rotatable bonds is 4. The molecule has 0 bridgehead atoms. The highest BCUT2D eigenvalue weighted by molar-refractivity contribution is 6.42. The molecule has 4 rings (SSSR count). The smallest absolute Gasteiger partial charge is 0.0934 e. The first-order valence-corrected chi connectivity index (χ1v) is 10.6. The molecule has 0 fully saturated rings. The third kappa shape index (κ3) is 4.04. The van der Waals surface area contributed by atoms with Crippen molar-refractivity contribution in [2.45, 2.75) is 13.3 Å². The molecule has 0 aliphatic heterocycles. The van der Waals surface area contributed by atoms with Crippen LogP contribution >= 0.6 is 46.4 Å². The Morgan fingerprint density at radius 1 is 0.724 bits per heavy atom. The van der Waals surface area contributed by atoms with Gasteiger partial charge in [0.25, 0.3) is 0 Å². The molecule has 0 N–H and O–H groups in total. The summed E-state index contributed by atoms with van der Waals surface area (Å²) in [6.07, 6.45) is 0.888. The summed E-state index contributed by atoms with van der Waals surface area (Å²) >= 11 is 24.7. The molecule has 0 unspecified atom stereocenters. The second-order valence-corrected chi connectivity index (χ2v) is 8.20. The third-order valence-corrected chi connectivity index (χ3v) is 6.22. The first kappa shape index (κ1) is 20.3. The van der Waals surface area contributed by atoms with Crippen molar-refractivity contribution in [2.24, 2.45) is 0 Å². The molecule has 0 atom stereocenters. The molecule has 0 spiro atoms. The van der Waals surface area contributed by atoms with Crippen molar-refractivity contribution in [2.75, 3.05) is 0 Å². The summed E-state index contributed by atoms with van der Waals surface area (Å²) < 4.78 is 1.94. The van der Waals surface area contributed by atoms with Crippen LogP contribution in [0.2, 0.25) is 20.1 Å². The fraction of sp³-hybridized carbons (Fsp3) is 0.0870. The van der Waals surface area contributed by atoms with Gasteiger partial charge in [-0.1, -0.05) is 83.7 Å². The third-order valence-electron chi connectivity index (χ3n) is 4.74. The molecule has 0 saturated carbocycles. The van der Waals surface area contributed by atoms with Crippen molar-refractivity contribution >= 4 is 46.4 Å². The van der Waals surface area contributed by atoms with Gasteiger partial charge in [0, 0.05) is 11.1 Å². The predicted molar refractivity (Wildman–Crippen MR) is 124 cm³/mol. The molecule has 1 aromatic heterocycles. The minimum absolute atomic E-state index is 0.490. The zero-order valence-corrected chi connectivity index (χ0v) is 18.5. The second-order valence-electron chi connectivity index (χ2n) is 6.57. The van der Waals surface area contributed by atoms with E-state index >= 15 is 0 Å². The molecule has 4 aromatic rings. The Hall–Kier alpha value is -1.97. The topological polar surface area (TPSA) is 17.8 Å². The number of halogens is 4. The van der Waals surface area contributed by atoms with Crippen molar-refractivity contribution in [3.8, 4) is 28.2 Å². The van der Waals surface area contributed by atoms with Crippen LogP contribution in [0, 0.1) is 0 Å². The second kappa shape index (κ2) is 8.41. The molecule has 0 aliphatic rings. The molecule has 0 radical (unpaired) electrons. The van der Waals surface area contributed by atoms with Crippen LogP contribution in [0.5, 0.6) is 0 Å². The number of benzene rings is 3. The quantitative estimate of drug-likeness (QED) is 0.298. The van der Waals surface area contributed by atoms with Gasteiger partial charge < -0.3 is 0 Å². The lowest BCUT2D eigenvalue weighted by Crippen LogP contribution is -2.03. The fourth-order valence-corrected chi connectivity index (χ4v) is 3.83. The number of aromatic nitrogens is 2. The molecule has 146 valence electrons. The van der Waals surface area contributed by atoms with Gasteiger partial charge in [-0.05, 0) is 48.4 Å². The molecule has 1 heterocycles. The van der Waals surface area contributed by atoms with Crippen molar-refractivity contribution in [1.82, 2.24) is 9.78 Å². The molecular formula is C23H16Cl4N2. The number of para-hydroxylation sites is 1. The standard InChI is InChI=1S/C23H16Cl4N2/c1-2-14-5-3-4-6-22(14)29-23(16-8-10-18(25)20(27)12-16)13-21(28-29)15-7-9-17(24)19(26)11-15/h3-13H,2H2,1H3. The number of aryl methyl sites for hydroxylation is 1. The summed E-state index contributed by atoms with van der Waals surface area (Å²) in [7, 11) is 0. The van der Waals surface area contributed by atoms with E-state index in [9.17, 15) is 0 Å². The molecule has 0 saturated heterocycles. The van der Waals surface area contributed by atoms with Gasteiger partial charge in [-0.2, -0.15) is 5.10 Å². The van der Waals surface area contributed by atoms with Crippen molar-refractivity contribution < 1.29 is 0 Å². The average molecular weight is 462 g/mol. The maximum atomic E-state index is 6.29. The fourth-order valence-electron chi connectivity index (χ4n) is 3.24. The van der Waals surface area contributed by atoms with Gasteiger partial charge in [0.1, 0.15) is 0 Å². The molecule has 6 heteroatoms. The predicted octanol–water partition coefficient (Wildman–Crippen LogP) is 8.38. The summed E-state index contributed by atoms with van der Waals surface area (Å²) in [5.74, 6) is 0. The van der Waals surface area contributed by atoms with Crippen LogP contribution in [0.1, 0.15) is 12.5 Å². The van der Waals surface area contributed by atoms with E-state index in [1.165, 1.54) is 5.56 Å². The number of nitrogens with zero attached hydrogens (tertiary/aromatic N) is 2. The zero-order valence-electron chi connectivity index (χ0n) is 15.5. The highest BCUT2D eigenvalue weighted by atomic mass is 35.5. The van der Waals surface area contributed by atoms with Gasteiger partial charge >= 0.3 is 0 Å². The Labute approximate surface area is 189 Å². The summed E-state index contributed by atoms with van der Waals surface area (Å²) in [5.41, 5.74) is 5.71. The SMILES string of the molecule is CCc1ccccc1-n1nc(-c2ccc(Cl)c(Cl)c2)cc1-c1ccc(Cl)c(Cl)c1. The maximum absolute atomic E-state index is 6.29. The van der Waals surface area contributed by atoms with Crippen LogP contribution < -0.4 is 0 Å². The van der Waals surface area contributed by atoms with Crippen LogP contribution in [-0.4, -0.2) is 9.78 Å². The summed E-state index contributed by atoms with van der Waals surface area (Å²) in [5, 5.41) is 6.91. The Morgan fingerprint density at radius 3 is 2.00 bits per heavy atom. The van der Waals surface area contributed by atoms with E-state index < -0.39 is 0 Å². The lowest BCUT2D eigenvalue weighted by atomic mass is 10.1. The Bertz CT molecular complexity index is 1200. The van der Waals surface area contributed by atoms with E-state index in [1.807, 2.05) is 47.1 Å². The van der Waals surface area contributed by atoms with Gasteiger partial charge in [-0.15, -0.1) is 0 Å². The zero-order chi connectivity index (χ0) is 20.5. The Morgan fingerprint density at radius 2 is 1.34 bits per heavy atom. The Kier molecular flexibility index (Phi) is 5.89. The van der Waals surface area contributed by atoms with E-state index in [-0.39, 0.29) is 0 Å². The van der Waals surface area contributed by atoms with E-state index in [4.69, 9.17) is 51.5 Å². The van der Waals surface area contributed by atoms with Crippen LogP contribution in [0.3, 0.4) is 0 Å². The first-order valence-electron chi connectivity index (χ1n) is 9.07.